The van der Waals surface area contributed by atoms with Gasteiger partial charge in [-0.3, -0.25) is 14.5 Å². The summed E-state index contributed by atoms with van der Waals surface area (Å²) in [6, 6.07) is 0.805. The highest BCUT2D eigenvalue weighted by molar-refractivity contribution is 5.85. The summed E-state index contributed by atoms with van der Waals surface area (Å²) >= 11 is 0. The zero-order chi connectivity index (χ0) is 14.7. The summed E-state index contributed by atoms with van der Waals surface area (Å²) < 4.78 is 0. The Kier molecular flexibility index (Phi) is 8.61. The van der Waals surface area contributed by atoms with Gasteiger partial charge in [0.15, 0.2) is 0 Å². The third kappa shape index (κ3) is 6.45. The number of nitrogens with zero attached hydrogens (tertiary/aromatic N) is 2. The zero-order valence-electron chi connectivity index (χ0n) is 13.5. The molecule has 2 amide bonds. The average molecular weight is 367 g/mol. The highest BCUT2D eigenvalue weighted by atomic mass is 35.5. The number of amides is 2. The first-order valence-corrected chi connectivity index (χ1v) is 8.23. The Morgan fingerprint density at radius 3 is 2.30 bits per heavy atom. The quantitative estimate of drug-likeness (QED) is 0.738. The summed E-state index contributed by atoms with van der Waals surface area (Å²) in [5, 5.41) is 6.39. The molecule has 0 aromatic rings. The van der Waals surface area contributed by atoms with Crippen molar-refractivity contribution >= 4 is 36.6 Å². The lowest BCUT2D eigenvalue weighted by Gasteiger charge is -2.34. The predicted molar refractivity (Wildman–Crippen MR) is 94.3 cm³/mol. The maximum absolute atomic E-state index is 12.2. The maximum Gasteiger partial charge on any atom is 0.234 e. The number of rotatable bonds is 5. The summed E-state index contributed by atoms with van der Waals surface area (Å²) in [6.07, 6.45) is 5.18. The van der Waals surface area contributed by atoms with Gasteiger partial charge in [-0.2, -0.15) is 0 Å². The fourth-order valence-electron chi connectivity index (χ4n) is 3.13. The molecule has 23 heavy (non-hydrogen) atoms. The molecule has 2 N–H and O–H groups in total. The molecule has 6 nitrogen and oxygen atoms in total. The van der Waals surface area contributed by atoms with E-state index in [2.05, 4.69) is 15.5 Å². The van der Waals surface area contributed by atoms with Crippen molar-refractivity contribution in [3.05, 3.63) is 0 Å². The Bertz CT molecular complexity index is 393. The summed E-state index contributed by atoms with van der Waals surface area (Å²) in [6.45, 7) is 4.64. The second-order valence-corrected chi connectivity index (χ2v) is 6.50. The molecule has 0 radical (unpaired) electrons. The number of carbonyl (C=O) groups excluding carboxylic acids is 2. The van der Waals surface area contributed by atoms with Crippen LogP contribution in [0, 0.1) is 0 Å². The molecule has 134 valence electrons. The van der Waals surface area contributed by atoms with Gasteiger partial charge >= 0.3 is 0 Å². The maximum atomic E-state index is 12.2. The van der Waals surface area contributed by atoms with Crippen LogP contribution in [0.5, 0.6) is 0 Å². The van der Waals surface area contributed by atoms with E-state index in [0.29, 0.717) is 25.0 Å². The van der Waals surface area contributed by atoms with Crippen LogP contribution in [0.2, 0.25) is 0 Å². The normalized spacial score (nSPS) is 24.5. The smallest absolute Gasteiger partial charge is 0.234 e. The predicted octanol–water partition coefficient (Wildman–Crippen LogP) is 0.395. The monoisotopic (exact) mass is 366 g/mol. The number of hydrogen-bond acceptors (Lipinski definition) is 4. The second-order valence-electron chi connectivity index (χ2n) is 6.50. The van der Waals surface area contributed by atoms with Crippen molar-refractivity contribution in [3.8, 4) is 0 Å². The number of nitrogens with one attached hydrogen (secondary N) is 2. The summed E-state index contributed by atoms with van der Waals surface area (Å²) in [4.78, 5) is 28.1. The third-order valence-corrected chi connectivity index (χ3v) is 4.62. The van der Waals surface area contributed by atoms with Crippen LogP contribution in [0.3, 0.4) is 0 Å². The van der Waals surface area contributed by atoms with E-state index in [9.17, 15) is 9.59 Å². The third-order valence-electron chi connectivity index (χ3n) is 4.62. The molecule has 0 bridgehead atoms. The minimum Gasteiger partial charge on any atom is -0.352 e. The van der Waals surface area contributed by atoms with Gasteiger partial charge in [-0.15, -0.1) is 24.8 Å². The molecule has 2 aliphatic heterocycles. The lowest BCUT2D eigenvalue weighted by atomic mass is 10.1. The molecule has 3 fully saturated rings. The average Bonchev–Trinajstić information content (AvgIpc) is 3.13. The molecule has 0 aromatic heterocycles. The first kappa shape index (κ1) is 20.5. The molecular weight excluding hydrogens is 339 g/mol. The molecule has 1 aliphatic carbocycles. The topological polar surface area (TPSA) is 64.7 Å². The lowest BCUT2D eigenvalue weighted by molar-refractivity contribution is -0.133. The Morgan fingerprint density at radius 1 is 1.04 bits per heavy atom. The van der Waals surface area contributed by atoms with Gasteiger partial charge in [0.2, 0.25) is 11.8 Å². The molecule has 2 heterocycles. The fourth-order valence-corrected chi connectivity index (χ4v) is 3.13. The van der Waals surface area contributed by atoms with E-state index in [-0.39, 0.29) is 36.6 Å². The first-order valence-electron chi connectivity index (χ1n) is 8.23. The SMILES string of the molecule is Cl.Cl.O=C(CN1CCN(C(=O)CC2CCCN2)CC1)NC1CC1. The molecule has 1 atom stereocenters. The number of halogens is 2. The van der Waals surface area contributed by atoms with Gasteiger partial charge in [0, 0.05) is 44.7 Å². The van der Waals surface area contributed by atoms with E-state index in [1.165, 1.54) is 6.42 Å². The van der Waals surface area contributed by atoms with Crippen LogP contribution in [0.1, 0.15) is 32.1 Å². The molecule has 3 aliphatic rings. The van der Waals surface area contributed by atoms with Gasteiger partial charge in [0.25, 0.3) is 0 Å². The molecule has 1 saturated carbocycles. The van der Waals surface area contributed by atoms with Crippen LogP contribution in [-0.2, 0) is 9.59 Å². The Hall–Kier alpha value is -0.560. The molecule has 0 aromatic carbocycles. The van der Waals surface area contributed by atoms with E-state index >= 15 is 0 Å². The molecule has 8 heteroatoms. The van der Waals surface area contributed by atoms with Crippen molar-refractivity contribution in [2.24, 2.45) is 0 Å². The molecule has 0 spiro atoms. The molecule has 2 saturated heterocycles. The highest BCUT2D eigenvalue weighted by Gasteiger charge is 2.27. The molecular formula is C15H28Cl2N4O2. The largest absolute Gasteiger partial charge is 0.352 e. The van der Waals surface area contributed by atoms with Gasteiger partial charge in [-0.25, -0.2) is 0 Å². The Labute approximate surface area is 150 Å². The van der Waals surface area contributed by atoms with Gasteiger partial charge < -0.3 is 15.5 Å². The summed E-state index contributed by atoms with van der Waals surface area (Å²) in [7, 11) is 0. The van der Waals surface area contributed by atoms with Crippen molar-refractivity contribution in [2.45, 2.75) is 44.2 Å². The number of piperazine rings is 1. The Balaban J connectivity index is 0.00000132. The van der Waals surface area contributed by atoms with E-state index in [1.807, 2.05) is 4.90 Å². The van der Waals surface area contributed by atoms with E-state index in [1.54, 1.807) is 0 Å². The zero-order valence-corrected chi connectivity index (χ0v) is 15.1. The lowest BCUT2D eigenvalue weighted by Crippen LogP contribution is -2.51. The van der Waals surface area contributed by atoms with Crippen molar-refractivity contribution in [2.75, 3.05) is 39.3 Å². The molecule has 1 unspecified atom stereocenters. The van der Waals surface area contributed by atoms with Crippen LogP contribution in [0.15, 0.2) is 0 Å². The van der Waals surface area contributed by atoms with Crippen molar-refractivity contribution in [1.29, 1.82) is 0 Å². The van der Waals surface area contributed by atoms with Crippen molar-refractivity contribution < 1.29 is 9.59 Å². The van der Waals surface area contributed by atoms with E-state index < -0.39 is 0 Å². The van der Waals surface area contributed by atoms with Crippen molar-refractivity contribution in [1.82, 2.24) is 20.4 Å². The van der Waals surface area contributed by atoms with E-state index in [4.69, 9.17) is 0 Å². The Morgan fingerprint density at radius 2 is 1.74 bits per heavy atom. The van der Waals surface area contributed by atoms with Gasteiger partial charge in [0.05, 0.1) is 6.54 Å². The van der Waals surface area contributed by atoms with Crippen LogP contribution < -0.4 is 10.6 Å². The van der Waals surface area contributed by atoms with Crippen LogP contribution in [-0.4, -0.2) is 73.0 Å². The fraction of sp³-hybridized carbons (Fsp3) is 0.867. The number of carbonyl (C=O) groups is 2. The summed E-state index contributed by atoms with van der Waals surface area (Å²) in [5.41, 5.74) is 0. The van der Waals surface area contributed by atoms with E-state index in [0.717, 1.165) is 52.0 Å². The highest BCUT2D eigenvalue weighted by Crippen LogP contribution is 2.18. The minimum atomic E-state index is 0. The molecule has 3 rings (SSSR count). The minimum absolute atomic E-state index is 0. The van der Waals surface area contributed by atoms with Gasteiger partial charge in [0.1, 0.15) is 0 Å². The standard InChI is InChI=1S/C15H26N4O2.2ClH/c20-14(17-12-3-4-12)11-18-6-8-19(9-7-18)15(21)10-13-2-1-5-16-13;;/h12-13,16H,1-11H2,(H,17,20);2*1H. The van der Waals surface area contributed by atoms with Crippen molar-refractivity contribution in [3.63, 3.8) is 0 Å². The van der Waals surface area contributed by atoms with Gasteiger partial charge in [-0.05, 0) is 32.2 Å². The van der Waals surface area contributed by atoms with Gasteiger partial charge in [-0.1, -0.05) is 0 Å². The van der Waals surface area contributed by atoms with Crippen LogP contribution >= 0.6 is 24.8 Å². The first-order chi connectivity index (χ1) is 10.2. The van der Waals surface area contributed by atoms with Crippen LogP contribution in [0.4, 0.5) is 0 Å². The number of hydrogen-bond donors (Lipinski definition) is 2. The second kappa shape index (κ2) is 9.67. The summed E-state index contributed by atoms with van der Waals surface area (Å²) in [5.74, 6) is 0.393. The van der Waals surface area contributed by atoms with Crippen LogP contribution in [0.25, 0.3) is 0 Å².